The minimum Gasteiger partial charge on any atom is -0.378 e. The molecule has 1 aromatic heterocycles. The number of carbonyl (C=O) groups excluding carboxylic acids is 1. The van der Waals surface area contributed by atoms with Crippen LogP contribution in [0.4, 0.5) is 11.8 Å². The van der Waals surface area contributed by atoms with Crippen LogP contribution < -0.4 is 9.80 Å². The normalized spacial score (nSPS) is 17.7. The summed E-state index contributed by atoms with van der Waals surface area (Å²) in [6.45, 7) is 7.93. The van der Waals surface area contributed by atoms with Crippen LogP contribution in [0.3, 0.4) is 0 Å². The molecule has 2 aliphatic rings. The van der Waals surface area contributed by atoms with Gasteiger partial charge in [-0.2, -0.15) is 4.98 Å². The number of aryl methyl sites for hydroxylation is 1. The second-order valence-electron chi connectivity index (χ2n) is 7.03. The lowest BCUT2D eigenvalue weighted by molar-refractivity contribution is 0.0745. The predicted molar refractivity (Wildman–Crippen MR) is 112 cm³/mol. The summed E-state index contributed by atoms with van der Waals surface area (Å²) in [5.74, 6) is 1.76. The van der Waals surface area contributed by atoms with Crippen molar-refractivity contribution in [3.63, 3.8) is 0 Å². The maximum absolute atomic E-state index is 12.8. The summed E-state index contributed by atoms with van der Waals surface area (Å²) in [5.41, 5.74) is 1.66. The summed E-state index contributed by atoms with van der Waals surface area (Å²) in [6.07, 6.45) is 0. The smallest absolute Gasteiger partial charge is 0.255 e. The highest BCUT2D eigenvalue weighted by molar-refractivity contribution is 9.10. The lowest BCUT2D eigenvalue weighted by Gasteiger charge is -2.35. The Morgan fingerprint density at radius 3 is 2.43 bits per heavy atom. The standard InChI is InChI=1S/C20H24BrN5O2/c1-15-14-18(24-10-12-28-13-11-24)23-20(22-15)26-8-6-25(7-9-26)19(27)16-4-2-3-5-17(16)21/h2-5,14H,6-13H2,1H3. The van der Waals surface area contributed by atoms with Crippen LogP contribution in [0.2, 0.25) is 0 Å². The van der Waals surface area contributed by atoms with Crippen LogP contribution in [0.5, 0.6) is 0 Å². The van der Waals surface area contributed by atoms with Crippen LogP contribution >= 0.6 is 15.9 Å². The number of rotatable bonds is 3. The van der Waals surface area contributed by atoms with Gasteiger partial charge in [0.25, 0.3) is 5.91 Å². The molecular weight excluding hydrogens is 422 g/mol. The van der Waals surface area contributed by atoms with Gasteiger partial charge in [-0.1, -0.05) is 12.1 Å². The summed E-state index contributed by atoms with van der Waals surface area (Å²) < 4.78 is 6.27. The highest BCUT2D eigenvalue weighted by Gasteiger charge is 2.25. The Morgan fingerprint density at radius 1 is 1.00 bits per heavy atom. The Labute approximate surface area is 173 Å². The van der Waals surface area contributed by atoms with Crippen molar-refractivity contribution in [3.8, 4) is 0 Å². The molecule has 0 bridgehead atoms. The molecule has 2 saturated heterocycles. The molecule has 0 spiro atoms. The van der Waals surface area contributed by atoms with E-state index in [2.05, 4.69) is 30.7 Å². The largest absolute Gasteiger partial charge is 0.378 e. The molecule has 3 heterocycles. The van der Waals surface area contributed by atoms with Gasteiger partial charge < -0.3 is 19.4 Å². The zero-order valence-electron chi connectivity index (χ0n) is 16.0. The average molecular weight is 446 g/mol. The first kappa shape index (κ1) is 19.1. The van der Waals surface area contributed by atoms with Gasteiger partial charge in [0, 0.05) is 55.5 Å². The molecule has 148 valence electrons. The zero-order chi connectivity index (χ0) is 19.5. The van der Waals surface area contributed by atoms with Crippen molar-refractivity contribution in [3.05, 3.63) is 46.1 Å². The lowest BCUT2D eigenvalue weighted by Crippen LogP contribution is -2.49. The maximum atomic E-state index is 12.8. The number of morpholine rings is 1. The Hall–Kier alpha value is -2.19. The van der Waals surface area contributed by atoms with Crippen LogP contribution in [0.15, 0.2) is 34.8 Å². The zero-order valence-corrected chi connectivity index (χ0v) is 17.6. The number of ether oxygens (including phenoxy) is 1. The highest BCUT2D eigenvalue weighted by Crippen LogP contribution is 2.22. The topological polar surface area (TPSA) is 61.8 Å². The van der Waals surface area contributed by atoms with Crippen molar-refractivity contribution in [2.45, 2.75) is 6.92 Å². The van der Waals surface area contributed by atoms with Gasteiger partial charge in [-0.25, -0.2) is 4.98 Å². The number of nitrogens with zero attached hydrogens (tertiary/aromatic N) is 5. The van der Waals surface area contributed by atoms with E-state index >= 15 is 0 Å². The number of hydrogen-bond acceptors (Lipinski definition) is 6. The Kier molecular flexibility index (Phi) is 5.77. The van der Waals surface area contributed by atoms with Crippen LogP contribution in [-0.4, -0.2) is 73.3 Å². The number of benzene rings is 1. The fraction of sp³-hybridized carbons (Fsp3) is 0.450. The number of piperazine rings is 1. The third-order valence-corrected chi connectivity index (χ3v) is 5.81. The molecule has 0 radical (unpaired) electrons. The number of halogens is 1. The van der Waals surface area contributed by atoms with Gasteiger partial charge in [-0.3, -0.25) is 4.79 Å². The molecule has 1 amide bonds. The van der Waals surface area contributed by atoms with Gasteiger partial charge in [0.05, 0.1) is 18.8 Å². The number of hydrogen-bond donors (Lipinski definition) is 0. The van der Waals surface area contributed by atoms with E-state index in [9.17, 15) is 4.79 Å². The Bertz CT molecular complexity index is 848. The molecule has 2 fully saturated rings. The maximum Gasteiger partial charge on any atom is 0.255 e. The van der Waals surface area contributed by atoms with E-state index in [1.54, 1.807) is 0 Å². The number of carbonyl (C=O) groups is 1. The molecule has 7 nitrogen and oxygen atoms in total. The Balaban J connectivity index is 1.44. The fourth-order valence-corrected chi connectivity index (χ4v) is 4.00. The van der Waals surface area contributed by atoms with Gasteiger partial charge in [-0.05, 0) is 35.0 Å². The van der Waals surface area contributed by atoms with E-state index in [1.807, 2.05) is 42.2 Å². The second-order valence-corrected chi connectivity index (χ2v) is 7.88. The van der Waals surface area contributed by atoms with Crippen LogP contribution in [0.1, 0.15) is 16.1 Å². The first-order chi connectivity index (χ1) is 13.6. The van der Waals surface area contributed by atoms with Gasteiger partial charge in [0.15, 0.2) is 0 Å². The molecule has 0 unspecified atom stereocenters. The molecule has 4 rings (SSSR count). The van der Waals surface area contributed by atoms with E-state index < -0.39 is 0 Å². The summed E-state index contributed by atoms with van der Waals surface area (Å²) in [7, 11) is 0. The number of anilines is 2. The van der Waals surface area contributed by atoms with Crippen molar-refractivity contribution < 1.29 is 9.53 Å². The van der Waals surface area contributed by atoms with Crippen LogP contribution in [0.25, 0.3) is 0 Å². The quantitative estimate of drug-likeness (QED) is 0.722. The van der Waals surface area contributed by atoms with E-state index in [1.165, 1.54) is 0 Å². The van der Waals surface area contributed by atoms with Gasteiger partial charge in [0.2, 0.25) is 5.95 Å². The minimum absolute atomic E-state index is 0.0614. The summed E-state index contributed by atoms with van der Waals surface area (Å²) in [4.78, 5) is 28.6. The predicted octanol–water partition coefficient (Wildman–Crippen LogP) is 2.35. The van der Waals surface area contributed by atoms with Crippen molar-refractivity contribution in [1.82, 2.24) is 14.9 Å². The minimum atomic E-state index is 0.0614. The average Bonchev–Trinajstić information content (AvgIpc) is 2.74. The molecule has 2 aliphatic heterocycles. The molecule has 28 heavy (non-hydrogen) atoms. The molecule has 2 aromatic rings. The van der Waals surface area contributed by atoms with Gasteiger partial charge >= 0.3 is 0 Å². The molecule has 8 heteroatoms. The molecule has 0 aliphatic carbocycles. The molecule has 1 aromatic carbocycles. The van der Waals surface area contributed by atoms with Crippen LogP contribution in [0, 0.1) is 6.92 Å². The molecule has 0 N–H and O–H groups in total. The second kappa shape index (κ2) is 8.45. The molecular formula is C20H24BrN5O2. The third kappa shape index (κ3) is 4.12. The first-order valence-corrected chi connectivity index (χ1v) is 10.4. The highest BCUT2D eigenvalue weighted by atomic mass is 79.9. The Morgan fingerprint density at radius 2 is 1.71 bits per heavy atom. The summed E-state index contributed by atoms with van der Waals surface area (Å²) in [6, 6.07) is 9.59. The van der Waals surface area contributed by atoms with Gasteiger partial charge in [-0.15, -0.1) is 0 Å². The van der Waals surface area contributed by atoms with Gasteiger partial charge in [0.1, 0.15) is 5.82 Å². The number of aromatic nitrogens is 2. The van der Waals surface area contributed by atoms with Crippen LogP contribution in [-0.2, 0) is 4.74 Å². The third-order valence-electron chi connectivity index (χ3n) is 5.12. The monoisotopic (exact) mass is 445 g/mol. The fourth-order valence-electron chi connectivity index (χ4n) is 3.55. The van der Waals surface area contributed by atoms with E-state index in [-0.39, 0.29) is 5.91 Å². The number of amides is 1. The summed E-state index contributed by atoms with van der Waals surface area (Å²) >= 11 is 3.47. The SMILES string of the molecule is Cc1cc(N2CCOCC2)nc(N2CCN(C(=O)c3ccccc3Br)CC2)n1. The lowest BCUT2D eigenvalue weighted by atomic mass is 10.2. The van der Waals surface area contributed by atoms with E-state index in [4.69, 9.17) is 9.72 Å². The molecule has 0 saturated carbocycles. The van der Waals surface area contributed by atoms with Crippen molar-refractivity contribution in [1.29, 1.82) is 0 Å². The summed E-state index contributed by atoms with van der Waals surface area (Å²) in [5, 5.41) is 0. The van der Waals surface area contributed by atoms with E-state index in [0.717, 1.165) is 61.3 Å². The van der Waals surface area contributed by atoms with Crippen molar-refractivity contribution >= 4 is 33.6 Å². The van der Waals surface area contributed by atoms with Crippen molar-refractivity contribution in [2.24, 2.45) is 0 Å². The first-order valence-electron chi connectivity index (χ1n) is 9.59. The molecule has 0 atom stereocenters. The van der Waals surface area contributed by atoms with Crippen molar-refractivity contribution in [2.75, 3.05) is 62.3 Å². The van der Waals surface area contributed by atoms with E-state index in [0.29, 0.717) is 18.7 Å².